The van der Waals surface area contributed by atoms with Gasteiger partial charge < -0.3 is 10.6 Å². The second-order valence-electron chi connectivity index (χ2n) is 6.49. The van der Waals surface area contributed by atoms with Crippen molar-refractivity contribution in [3.63, 3.8) is 0 Å². The predicted octanol–water partition coefficient (Wildman–Crippen LogP) is 5.19. The summed E-state index contributed by atoms with van der Waals surface area (Å²) < 4.78 is 0. The Kier molecular flexibility index (Phi) is 5.63. The van der Waals surface area contributed by atoms with Crippen LogP contribution in [0.2, 0.25) is 0 Å². The van der Waals surface area contributed by atoms with Crippen molar-refractivity contribution in [2.24, 2.45) is 0 Å². The van der Waals surface area contributed by atoms with Gasteiger partial charge in [0.05, 0.1) is 23.5 Å². The molecule has 0 aliphatic rings. The highest BCUT2D eigenvalue weighted by molar-refractivity contribution is 7.15. The number of para-hydroxylation sites is 2. The van der Waals surface area contributed by atoms with E-state index in [1.807, 2.05) is 73.7 Å². The molecule has 0 fully saturated rings. The number of nitrogens with zero attached hydrogens (tertiary/aromatic N) is 2. The zero-order valence-electron chi connectivity index (χ0n) is 15.9. The second-order valence-corrected chi connectivity index (χ2v) is 7.57. The molecule has 2 aromatic carbocycles. The van der Waals surface area contributed by atoms with Crippen molar-refractivity contribution in [3.05, 3.63) is 95.3 Å². The number of carbonyl (C=O) groups excluding carboxylic acids is 1. The molecular formula is C23H20N4OS. The van der Waals surface area contributed by atoms with Gasteiger partial charge in [-0.2, -0.15) is 0 Å². The van der Waals surface area contributed by atoms with Crippen molar-refractivity contribution in [2.45, 2.75) is 13.5 Å². The third-order valence-electron chi connectivity index (χ3n) is 4.44. The van der Waals surface area contributed by atoms with Gasteiger partial charge in [0.2, 0.25) is 0 Å². The lowest BCUT2D eigenvalue weighted by Crippen LogP contribution is -2.23. The number of carbonyl (C=O) groups is 1. The summed E-state index contributed by atoms with van der Waals surface area (Å²) in [5.41, 5.74) is 4.21. The average molecular weight is 401 g/mol. The van der Waals surface area contributed by atoms with Gasteiger partial charge in [-0.15, -0.1) is 11.3 Å². The number of hydrogen-bond donors (Lipinski definition) is 2. The largest absolute Gasteiger partial charge is 0.355 e. The van der Waals surface area contributed by atoms with Crippen LogP contribution in [0.15, 0.2) is 79.1 Å². The van der Waals surface area contributed by atoms with E-state index in [1.165, 1.54) is 0 Å². The van der Waals surface area contributed by atoms with Crippen molar-refractivity contribution in [1.29, 1.82) is 0 Å². The van der Waals surface area contributed by atoms with Gasteiger partial charge in [-0.25, -0.2) is 4.98 Å². The minimum atomic E-state index is -0.125. The fourth-order valence-corrected chi connectivity index (χ4v) is 3.92. The van der Waals surface area contributed by atoms with Crippen molar-refractivity contribution >= 4 is 28.6 Å². The van der Waals surface area contributed by atoms with Crippen LogP contribution in [-0.4, -0.2) is 15.9 Å². The first kappa shape index (κ1) is 18.8. The summed E-state index contributed by atoms with van der Waals surface area (Å²) in [4.78, 5) is 22.6. The van der Waals surface area contributed by atoms with E-state index in [0.717, 1.165) is 32.5 Å². The Morgan fingerprint density at radius 3 is 2.59 bits per heavy atom. The first-order valence-corrected chi connectivity index (χ1v) is 10.1. The van der Waals surface area contributed by atoms with E-state index in [9.17, 15) is 4.79 Å². The molecular weight excluding hydrogens is 380 g/mol. The fourth-order valence-electron chi connectivity index (χ4n) is 2.93. The Balaban J connectivity index is 1.48. The maximum absolute atomic E-state index is 12.8. The molecule has 29 heavy (non-hydrogen) atoms. The summed E-state index contributed by atoms with van der Waals surface area (Å²) in [5.74, 6) is -0.125. The SMILES string of the molecule is Cc1nc(-c2cccnc2)sc1CNC(=O)c1ccccc1Nc1ccccc1. The van der Waals surface area contributed by atoms with Gasteiger partial charge in [0.1, 0.15) is 5.01 Å². The zero-order valence-corrected chi connectivity index (χ0v) is 16.7. The first-order valence-electron chi connectivity index (χ1n) is 9.27. The summed E-state index contributed by atoms with van der Waals surface area (Å²) in [5, 5.41) is 7.24. The van der Waals surface area contributed by atoms with Crippen LogP contribution in [0.25, 0.3) is 10.6 Å². The molecule has 4 rings (SSSR count). The fraction of sp³-hybridized carbons (Fsp3) is 0.0870. The molecule has 0 saturated heterocycles. The van der Waals surface area contributed by atoms with Crippen LogP contribution in [0.1, 0.15) is 20.9 Å². The summed E-state index contributed by atoms with van der Waals surface area (Å²) in [6.45, 7) is 2.39. The van der Waals surface area contributed by atoms with Crippen LogP contribution in [0.3, 0.4) is 0 Å². The van der Waals surface area contributed by atoms with Gasteiger partial charge in [0.15, 0.2) is 0 Å². The van der Waals surface area contributed by atoms with Gasteiger partial charge in [0, 0.05) is 28.5 Å². The number of anilines is 2. The minimum absolute atomic E-state index is 0.125. The number of nitrogens with one attached hydrogen (secondary N) is 2. The highest BCUT2D eigenvalue weighted by Gasteiger charge is 2.14. The number of hydrogen-bond acceptors (Lipinski definition) is 5. The number of aryl methyl sites for hydroxylation is 1. The third-order valence-corrected chi connectivity index (χ3v) is 5.64. The van der Waals surface area contributed by atoms with Crippen molar-refractivity contribution in [3.8, 4) is 10.6 Å². The van der Waals surface area contributed by atoms with Gasteiger partial charge in [-0.05, 0) is 43.3 Å². The predicted molar refractivity (Wildman–Crippen MR) is 117 cm³/mol. The molecule has 2 N–H and O–H groups in total. The number of aromatic nitrogens is 2. The van der Waals surface area contributed by atoms with E-state index in [-0.39, 0.29) is 5.91 Å². The molecule has 0 radical (unpaired) electrons. The number of thiazole rings is 1. The molecule has 0 spiro atoms. The first-order chi connectivity index (χ1) is 14.2. The standard InChI is InChI=1S/C23H20N4OS/c1-16-21(29-23(26-16)17-8-7-13-24-14-17)15-25-22(28)19-11-5-6-12-20(19)27-18-9-3-2-4-10-18/h2-14,27H,15H2,1H3,(H,25,28). The Morgan fingerprint density at radius 1 is 1.00 bits per heavy atom. The van der Waals surface area contributed by atoms with E-state index in [2.05, 4.69) is 20.6 Å². The van der Waals surface area contributed by atoms with E-state index in [0.29, 0.717) is 12.1 Å². The molecule has 0 bridgehead atoms. The molecule has 4 aromatic rings. The molecule has 5 nitrogen and oxygen atoms in total. The van der Waals surface area contributed by atoms with Crippen LogP contribution in [0, 0.1) is 6.92 Å². The number of pyridine rings is 1. The molecule has 2 aromatic heterocycles. The smallest absolute Gasteiger partial charge is 0.253 e. The number of amides is 1. The lowest BCUT2D eigenvalue weighted by Gasteiger charge is -2.12. The molecule has 0 aliphatic carbocycles. The van der Waals surface area contributed by atoms with Gasteiger partial charge in [0.25, 0.3) is 5.91 Å². The van der Waals surface area contributed by atoms with Crippen LogP contribution in [0.5, 0.6) is 0 Å². The number of rotatable bonds is 6. The highest BCUT2D eigenvalue weighted by atomic mass is 32.1. The van der Waals surface area contributed by atoms with E-state index >= 15 is 0 Å². The summed E-state index contributed by atoms with van der Waals surface area (Å²) in [6, 6.07) is 21.2. The average Bonchev–Trinajstić information content (AvgIpc) is 3.14. The quantitative estimate of drug-likeness (QED) is 0.468. The van der Waals surface area contributed by atoms with E-state index < -0.39 is 0 Å². The molecule has 1 amide bonds. The molecule has 2 heterocycles. The van der Waals surface area contributed by atoms with E-state index in [1.54, 1.807) is 23.7 Å². The number of benzene rings is 2. The van der Waals surface area contributed by atoms with Crippen molar-refractivity contribution in [1.82, 2.24) is 15.3 Å². The van der Waals surface area contributed by atoms with Gasteiger partial charge >= 0.3 is 0 Å². The summed E-state index contributed by atoms with van der Waals surface area (Å²) in [7, 11) is 0. The summed E-state index contributed by atoms with van der Waals surface area (Å²) in [6.07, 6.45) is 3.54. The third kappa shape index (κ3) is 4.50. The van der Waals surface area contributed by atoms with Gasteiger partial charge in [-0.1, -0.05) is 30.3 Å². The summed E-state index contributed by atoms with van der Waals surface area (Å²) >= 11 is 1.58. The Labute approximate surface area is 173 Å². The van der Waals surface area contributed by atoms with Crippen molar-refractivity contribution < 1.29 is 4.79 Å². The highest BCUT2D eigenvalue weighted by Crippen LogP contribution is 2.27. The Morgan fingerprint density at radius 2 is 1.79 bits per heavy atom. The normalized spacial score (nSPS) is 10.5. The second kappa shape index (κ2) is 8.67. The van der Waals surface area contributed by atoms with Crippen molar-refractivity contribution in [2.75, 3.05) is 5.32 Å². The maximum atomic E-state index is 12.8. The lowest BCUT2D eigenvalue weighted by atomic mass is 10.1. The zero-order chi connectivity index (χ0) is 20.1. The van der Waals surface area contributed by atoms with Crippen LogP contribution in [-0.2, 0) is 6.54 Å². The Bertz CT molecular complexity index is 1110. The minimum Gasteiger partial charge on any atom is -0.355 e. The maximum Gasteiger partial charge on any atom is 0.253 e. The van der Waals surface area contributed by atoms with Crippen LogP contribution >= 0.6 is 11.3 Å². The van der Waals surface area contributed by atoms with E-state index in [4.69, 9.17) is 0 Å². The molecule has 144 valence electrons. The molecule has 6 heteroatoms. The van der Waals surface area contributed by atoms with Crippen LogP contribution in [0.4, 0.5) is 11.4 Å². The molecule has 0 aliphatic heterocycles. The van der Waals surface area contributed by atoms with Gasteiger partial charge in [-0.3, -0.25) is 9.78 Å². The topological polar surface area (TPSA) is 66.9 Å². The molecule has 0 saturated carbocycles. The lowest BCUT2D eigenvalue weighted by molar-refractivity contribution is 0.0952. The van der Waals surface area contributed by atoms with Crippen LogP contribution < -0.4 is 10.6 Å². The monoisotopic (exact) mass is 400 g/mol. The molecule has 0 unspecified atom stereocenters. The molecule has 0 atom stereocenters. The Hall–Kier alpha value is -3.51.